The number of ether oxygens (including phenoxy) is 2. The molecule has 170 valence electrons. The molecule has 1 fully saturated rings. The molecule has 0 bridgehead atoms. The van der Waals surface area contributed by atoms with Gasteiger partial charge in [0.1, 0.15) is 6.10 Å². The largest absolute Gasteiger partial charge is 0.454 e. The van der Waals surface area contributed by atoms with Crippen molar-refractivity contribution >= 4 is 35.1 Å². The lowest BCUT2D eigenvalue weighted by Crippen LogP contribution is -2.51. The van der Waals surface area contributed by atoms with E-state index in [1.54, 1.807) is 60.7 Å². The maximum Gasteiger partial charge on any atom is 0.303 e. The second-order valence-electron chi connectivity index (χ2n) is 7.78. The van der Waals surface area contributed by atoms with Gasteiger partial charge >= 0.3 is 5.97 Å². The molecule has 3 unspecified atom stereocenters. The van der Waals surface area contributed by atoms with E-state index in [1.807, 2.05) is 24.3 Å². The van der Waals surface area contributed by atoms with Crippen LogP contribution in [0.3, 0.4) is 0 Å². The Kier molecular flexibility index (Phi) is 6.98. The van der Waals surface area contributed by atoms with Crippen LogP contribution in [0.1, 0.15) is 41.9 Å². The number of morpholine rings is 1. The summed E-state index contributed by atoms with van der Waals surface area (Å²) in [6.45, 7) is 1.30. The van der Waals surface area contributed by atoms with Gasteiger partial charge in [-0.25, -0.2) is 0 Å². The van der Waals surface area contributed by atoms with Crippen LogP contribution in [0.4, 0.5) is 0 Å². The van der Waals surface area contributed by atoms with Crippen LogP contribution in [0.2, 0.25) is 10.0 Å². The first-order chi connectivity index (χ1) is 15.8. The van der Waals surface area contributed by atoms with E-state index in [4.69, 9.17) is 32.7 Å². The molecule has 33 heavy (non-hydrogen) atoms. The number of amides is 1. The third-order valence-electron chi connectivity index (χ3n) is 5.60. The maximum absolute atomic E-state index is 13.6. The zero-order chi connectivity index (χ0) is 23.5. The Hall–Kier alpha value is -2.93. The summed E-state index contributed by atoms with van der Waals surface area (Å²) in [5.41, 5.74) is 2.31. The Bertz CT molecular complexity index is 1120. The lowest BCUT2D eigenvalue weighted by Gasteiger charge is -2.44. The highest BCUT2D eigenvalue weighted by Gasteiger charge is 2.47. The van der Waals surface area contributed by atoms with E-state index in [0.717, 1.165) is 11.1 Å². The number of rotatable bonds is 5. The molecule has 3 aromatic rings. The minimum atomic E-state index is -1.05. The van der Waals surface area contributed by atoms with Gasteiger partial charge in [0.05, 0.1) is 6.04 Å². The van der Waals surface area contributed by atoms with Crippen LogP contribution in [0.5, 0.6) is 0 Å². The van der Waals surface area contributed by atoms with Crippen molar-refractivity contribution in [1.29, 1.82) is 0 Å². The predicted molar refractivity (Wildman–Crippen MR) is 125 cm³/mol. The summed E-state index contributed by atoms with van der Waals surface area (Å²) in [5, 5.41) is 1.19. The molecular formula is C25H22Cl2N2O4. The van der Waals surface area contributed by atoms with Crippen LogP contribution in [-0.4, -0.2) is 34.9 Å². The Labute approximate surface area is 202 Å². The molecule has 2 aromatic carbocycles. The molecule has 6 nitrogen and oxygen atoms in total. The van der Waals surface area contributed by atoms with E-state index < -0.39 is 30.3 Å². The number of likely N-dealkylation sites (N-methyl/N-ethyl adjacent to an activating group) is 1. The Morgan fingerprint density at radius 2 is 1.52 bits per heavy atom. The first kappa shape index (κ1) is 23.2. The minimum Gasteiger partial charge on any atom is -0.454 e. The number of carbonyl (C=O) groups is 2. The summed E-state index contributed by atoms with van der Waals surface area (Å²) >= 11 is 12.2. The van der Waals surface area contributed by atoms with Gasteiger partial charge in [-0.2, -0.15) is 0 Å². The summed E-state index contributed by atoms with van der Waals surface area (Å²) in [6.07, 6.45) is 0.634. The number of carbonyl (C=O) groups excluding carboxylic acids is 2. The van der Waals surface area contributed by atoms with Crippen LogP contribution >= 0.6 is 23.2 Å². The second-order valence-corrected chi connectivity index (χ2v) is 8.66. The van der Waals surface area contributed by atoms with Crippen molar-refractivity contribution in [2.45, 2.75) is 31.3 Å². The number of benzene rings is 2. The Morgan fingerprint density at radius 1 is 0.970 bits per heavy atom. The zero-order valence-corrected chi connectivity index (χ0v) is 19.5. The molecule has 1 aliphatic heterocycles. The predicted octanol–water partition coefficient (Wildman–Crippen LogP) is 5.33. The normalized spacial score (nSPS) is 21.5. The van der Waals surface area contributed by atoms with Gasteiger partial charge in [-0.05, 0) is 53.1 Å². The average molecular weight is 485 g/mol. The fraction of sp³-hybridized carbons (Fsp3) is 0.240. The Balaban J connectivity index is 1.78. The van der Waals surface area contributed by atoms with E-state index in [0.29, 0.717) is 15.6 Å². The molecule has 0 N–H and O–H groups in total. The highest BCUT2D eigenvalue weighted by molar-refractivity contribution is 6.30. The van der Waals surface area contributed by atoms with Gasteiger partial charge in [-0.1, -0.05) is 47.5 Å². The molecule has 0 saturated carbocycles. The van der Waals surface area contributed by atoms with Crippen molar-refractivity contribution in [3.63, 3.8) is 0 Å². The van der Waals surface area contributed by atoms with Crippen LogP contribution in [-0.2, 0) is 19.1 Å². The minimum absolute atomic E-state index is 0.303. The summed E-state index contributed by atoms with van der Waals surface area (Å²) in [5.74, 6) is -0.818. The van der Waals surface area contributed by atoms with Crippen molar-refractivity contribution in [2.24, 2.45) is 0 Å². The number of halogens is 2. The van der Waals surface area contributed by atoms with Crippen molar-refractivity contribution in [1.82, 2.24) is 9.88 Å². The fourth-order valence-electron chi connectivity index (χ4n) is 4.04. The van der Waals surface area contributed by atoms with Crippen molar-refractivity contribution in [2.75, 3.05) is 7.05 Å². The van der Waals surface area contributed by atoms with Gasteiger partial charge in [-0.3, -0.25) is 14.6 Å². The van der Waals surface area contributed by atoms with Crippen LogP contribution in [0.15, 0.2) is 73.1 Å². The third kappa shape index (κ3) is 5.03. The molecule has 1 amide bonds. The van der Waals surface area contributed by atoms with Gasteiger partial charge in [0.15, 0.2) is 12.2 Å². The molecule has 4 rings (SSSR count). The first-order valence-electron chi connectivity index (χ1n) is 10.4. The molecule has 2 heterocycles. The molecular weight excluding hydrogens is 463 g/mol. The molecule has 1 aliphatic rings. The smallest absolute Gasteiger partial charge is 0.303 e. The van der Waals surface area contributed by atoms with Crippen molar-refractivity contribution in [3.05, 3.63) is 99.8 Å². The van der Waals surface area contributed by atoms with Crippen LogP contribution in [0.25, 0.3) is 0 Å². The first-order valence-corrected chi connectivity index (χ1v) is 11.1. The summed E-state index contributed by atoms with van der Waals surface area (Å²) in [6, 6.07) is 17.5. The topological polar surface area (TPSA) is 68.7 Å². The van der Waals surface area contributed by atoms with Gasteiger partial charge in [0.2, 0.25) is 0 Å². The monoisotopic (exact) mass is 484 g/mol. The van der Waals surface area contributed by atoms with E-state index in [9.17, 15) is 9.59 Å². The molecule has 1 saturated heterocycles. The van der Waals surface area contributed by atoms with Gasteiger partial charge in [-0.15, -0.1) is 0 Å². The van der Waals surface area contributed by atoms with E-state index >= 15 is 0 Å². The maximum atomic E-state index is 13.6. The summed E-state index contributed by atoms with van der Waals surface area (Å²) in [7, 11) is 1.72. The number of hydrogen-bond acceptors (Lipinski definition) is 5. The van der Waals surface area contributed by atoms with Crippen molar-refractivity contribution < 1.29 is 19.1 Å². The standard InChI is InChI=1S/C25H22Cl2N2O4/c1-15(30)32-23(18-11-13-28-14-12-18)24-25(31)29(2)21(16-3-7-19(26)8-4-16)22(33-24)17-5-9-20(27)10-6-17/h3-14,21-24H,1-2H3/t21?,22?,23-,24?/m1/s1. The van der Waals surface area contributed by atoms with E-state index in [1.165, 1.54) is 6.92 Å². The highest BCUT2D eigenvalue weighted by Crippen LogP contribution is 2.44. The summed E-state index contributed by atoms with van der Waals surface area (Å²) in [4.78, 5) is 31.1. The lowest BCUT2D eigenvalue weighted by atomic mass is 9.90. The molecule has 1 aromatic heterocycles. The van der Waals surface area contributed by atoms with Gasteiger partial charge < -0.3 is 14.4 Å². The van der Waals surface area contributed by atoms with Gasteiger partial charge in [0, 0.05) is 36.4 Å². The number of pyridine rings is 1. The zero-order valence-electron chi connectivity index (χ0n) is 18.0. The third-order valence-corrected chi connectivity index (χ3v) is 6.10. The quantitative estimate of drug-likeness (QED) is 0.457. The summed E-state index contributed by atoms with van der Waals surface area (Å²) < 4.78 is 12.0. The molecule has 8 heteroatoms. The molecule has 0 radical (unpaired) electrons. The van der Waals surface area contributed by atoms with Crippen LogP contribution < -0.4 is 0 Å². The van der Waals surface area contributed by atoms with Crippen LogP contribution in [0, 0.1) is 0 Å². The molecule has 0 aliphatic carbocycles. The Morgan fingerprint density at radius 3 is 2.06 bits per heavy atom. The van der Waals surface area contributed by atoms with Crippen molar-refractivity contribution in [3.8, 4) is 0 Å². The lowest BCUT2D eigenvalue weighted by molar-refractivity contribution is -0.193. The SMILES string of the molecule is CC(=O)O[C@H](c1ccncc1)C1OC(c2ccc(Cl)cc2)C(c2ccc(Cl)cc2)N(C)C1=O. The number of hydrogen-bond donors (Lipinski definition) is 0. The fourth-order valence-corrected chi connectivity index (χ4v) is 4.29. The van der Waals surface area contributed by atoms with E-state index in [-0.39, 0.29) is 5.91 Å². The van der Waals surface area contributed by atoms with Gasteiger partial charge in [0.25, 0.3) is 5.91 Å². The highest BCUT2D eigenvalue weighted by atomic mass is 35.5. The molecule has 0 spiro atoms. The van der Waals surface area contributed by atoms with E-state index in [2.05, 4.69) is 4.98 Å². The second kappa shape index (κ2) is 9.91. The number of aromatic nitrogens is 1. The molecule has 4 atom stereocenters. The average Bonchev–Trinajstić information content (AvgIpc) is 2.81. The number of nitrogens with zero attached hydrogens (tertiary/aromatic N) is 2. The number of esters is 1.